The molecule has 0 amide bonds. The van der Waals surface area contributed by atoms with Gasteiger partial charge in [0.25, 0.3) is 0 Å². The number of hydrazine groups is 1. The second kappa shape index (κ2) is 6.33. The van der Waals surface area contributed by atoms with Gasteiger partial charge in [-0.1, -0.05) is 18.5 Å². The van der Waals surface area contributed by atoms with Crippen molar-refractivity contribution in [3.63, 3.8) is 0 Å². The van der Waals surface area contributed by atoms with Crippen LogP contribution in [0.5, 0.6) is 11.6 Å². The Morgan fingerprint density at radius 3 is 2.86 bits per heavy atom. The molecular formula is C12H12ClN5O3. The van der Waals surface area contributed by atoms with E-state index in [2.05, 4.69) is 15.4 Å². The molecular weight excluding hydrogens is 298 g/mol. The van der Waals surface area contributed by atoms with Crippen molar-refractivity contribution in [2.75, 3.05) is 5.43 Å². The Bertz CT molecular complexity index is 680. The monoisotopic (exact) mass is 309 g/mol. The molecule has 0 aliphatic rings. The topological polar surface area (TPSA) is 116 Å². The second-order valence-corrected chi connectivity index (χ2v) is 4.41. The van der Waals surface area contributed by atoms with Crippen molar-refractivity contribution in [3.05, 3.63) is 45.2 Å². The van der Waals surface area contributed by atoms with Crippen LogP contribution in [0.4, 0.5) is 11.5 Å². The summed E-state index contributed by atoms with van der Waals surface area (Å²) >= 11 is 5.85. The van der Waals surface area contributed by atoms with Crippen molar-refractivity contribution in [3.8, 4) is 11.6 Å². The standard InChI is InChI=1S/C12H12ClN5O3/c1-2-8-11(17-14)15-6-16-12(8)21-10-5-7(13)3-4-9(10)18(19)20/h3-6H,2,14H2,1H3,(H,15,16,17). The van der Waals surface area contributed by atoms with Crippen LogP contribution in [0.3, 0.4) is 0 Å². The van der Waals surface area contributed by atoms with Gasteiger partial charge in [0.05, 0.1) is 10.5 Å². The maximum atomic E-state index is 11.0. The SMILES string of the molecule is CCc1c(NN)ncnc1Oc1cc(Cl)ccc1[N+](=O)[O-]. The average molecular weight is 310 g/mol. The summed E-state index contributed by atoms with van der Waals surface area (Å²) in [7, 11) is 0. The Labute approximate surface area is 125 Å². The molecule has 0 unspecified atom stereocenters. The summed E-state index contributed by atoms with van der Waals surface area (Å²) in [4.78, 5) is 18.4. The molecule has 0 aliphatic heterocycles. The summed E-state index contributed by atoms with van der Waals surface area (Å²) in [6, 6.07) is 4.05. The third kappa shape index (κ3) is 3.18. The molecule has 0 saturated carbocycles. The van der Waals surface area contributed by atoms with E-state index >= 15 is 0 Å². The van der Waals surface area contributed by atoms with Crippen LogP contribution in [0, 0.1) is 10.1 Å². The lowest BCUT2D eigenvalue weighted by Gasteiger charge is -2.11. The fraction of sp³-hybridized carbons (Fsp3) is 0.167. The Hall–Kier alpha value is -2.45. The predicted molar refractivity (Wildman–Crippen MR) is 77.4 cm³/mol. The third-order valence-corrected chi connectivity index (χ3v) is 2.96. The van der Waals surface area contributed by atoms with Crippen LogP contribution in [-0.2, 0) is 6.42 Å². The van der Waals surface area contributed by atoms with Gasteiger partial charge in [-0.15, -0.1) is 0 Å². The molecule has 21 heavy (non-hydrogen) atoms. The van der Waals surface area contributed by atoms with Crippen molar-refractivity contribution < 1.29 is 9.66 Å². The summed E-state index contributed by atoms with van der Waals surface area (Å²) in [6.07, 6.45) is 1.78. The average Bonchev–Trinajstić information content (AvgIpc) is 2.46. The third-order valence-electron chi connectivity index (χ3n) is 2.72. The lowest BCUT2D eigenvalue weighted by Crippen LogP contribution is -2.12. The van der Waals surface area contributed by atoms with E-state index in [0.717, 1.165) is 0 Å². The Morgan fingerprint density at radius 1 is 1.48 bits per heavy atom. The first-order chi connectivity index (χ1) is 10.1. The molecule has 1 aromatic carbocycles. The van der Waals surface area contributed by atoms with Crippen LogP contribution in [0.15, 0.2) is 24.5 Å². The van der Waals surface area contributed by atoms with Crippen molar-refractivity contribution in [1.82, 2.24) is 9.97 Å². The maximum absolute atomic E-state index is 11.0. The molecule has 0 fully saturated rings. The molecule has 0 saturated heterocycles. The highest BCUT2D eigenvalue weighted by atomic mass is 35.5. The minimum absolute atomic E-state index is 0.00358. The summed E-state index contributed by atoms with van der Waals surface area (Å²) < 4.78 is 5.54. The van der Waals surface area contributed by atoms with Crippen LogP contribution >= 0.6 is 11.6 Å². The molecule has 0 aliphatic carbocycles. The Kier molecular flexibility index (Phi) is 4.51. The Morgan fingerprint density at radius 2 is 2.24 bits per heavy atom. The molecule has 0 spiro atoms. The summed E-state index contributed by atoms with van der Waals surface area (Å²) in [5, 5.41) is 11.3. The first-order valence-electron chi connectivity index (χ1n) is 5.99. The van der Waals surface area contributed by atoms with Crippen LogP contribution in [0.25, 0.3) is 0 Å². The number of nitrogen functional groups attached to an aromatic ring is 1. The molecule has 8 nitrogen and oxygen atoms in total. The first-order valence-corrected chi connectivity index (χ1v) is 6.36. The fourth-order valence-electron chi connectivity index (χ4n) is 1.75. The second-order valence-electron chi connectivity index (χ2n) is 3.98. The number of rotatable bonds is 5. The number of aromatic nitrogens is 2. The number of halogens is 1. The van der Waals surface area contributed by atoms with Gasteiger partial charge in [0, 0.05) is 17.2 Å². The molecule has 2 rings (SSSR count). The normalized spacial score (nSPS) is 10.2. The summed E-state index contributed by atoms with van der Waals surface area (Å²) in [6.45, 7) is 1.86. The van der Waals surface area contributed by atoms with E-state index in [4.69, 9.17) is 22.2 Å². The molecule has 1 heterocycles. The van der Waals surface area contributed by atoms with Crippen LogP contribution < -0.4 is 16.0 Å². The zero-order chi connectivity index (χ0) is 15.4. The van der Waals surface area contributed by atoms with Gasteiger partial charge >= 0.3 is 5.69 Å². The fourth-order valence-corrected chi connectivity index (χ4v) is 1.91. The minimum atomic E-state index is -0.555. The number of nitrogens with one attached hydrogen (secondary N) is 1. The van der Waals surface area contributed by atoms with Crippen molar-refractivity contribution >= 4 is 23.1 Å². The molecule has 0 radical (unpaired) electrons. The van der Waals surface area contributed by atoms with Crippen molar-refractivity contribution in [2.45, 2.75) is 13.3 Å². The largest absolute Gasteiger partial charge is 0.431 e. The minimum Gasteiger partial charge on any atom is -0.431 e. The van der Waals surface area contributed by atoms with Crippen LogP contribution in [0.1, 0.15) is 12.5 Å². The van der Waals surface area contributed by atoms with E-state index in [1.54, 1.807) is 0 Å². The number of nitrogens with zero attached hydrogens (tertiary/aromatic N) is 3. The molecule has 9 heteroatoms. The highest BCUT2D eigenvalue weighted by Crippen LogP contribution is 2.35. The molecule has 1 aromatic heterocycles. The molecule has 0 bridgehead atoms. The number of hydrogen-bond acceptors (Lipinski definition) is 7. The van der Waals surface area contributed by atoms with E-state index < -0.39 is 4.92 Å². The first kappa shape index (κ1) is 14.9. The van der Waals surface area contributed by atoms with Gasteiger partial charge in [0.2, 0.25) is 11.6 Å². The molecule has 110 valence electrons. The number of benzene rings is 1. The lowest BCUT2D eigenvalue weighted by molar-refractivity contribution is -0.385. The van der Waals surface area contributed by atoms with Gasteiger partial charge in [-0.3, -0.25) is 10.1 Å². The van der Waals surface area contributed by atoms with Crippen LogP contribution in [0.2, 0.25) is 5.02 Å². The van der Waals surface area contributed by atoms with Crippen molar-refractivity contribution in [2.24, 2.45) is 5.84 Å². The van der Waals surface area contributed by atoms with E-state index in [-0.39, 0.29) is 17.3 Å². The summed E-state index contributed by atoms with van der Waals surface area (Å²) in [5.74, 6) is 5.95. The summed E-state index contributed by atoms with van der Waals surface area (Å²) in [5.41, 5.74) is 2.83. The number of hydrogen-bond donors (Lipinski definition) is 2. The zero-order valence-electron chi connectivity index (χ0n) is 11.0. The van der Waals surface area contributed by atoms with Gasteiger partial charge in [0.15, 0.2) is 0 Å². The van der Waals surface area contributed by atoms with Gasteiger partial charge < -0.3 is 10.2 Å². The number of nitro groups is 1. The lowest BCUT2D eigenvalue weighted by atomic mass is 10.2. The van der Waals surface area contributed by atoms with Gasteiger partial charge in [0.1, 0.15) is 12.1 Å². The maximum Gasteiger partial charge on any atom is 0.311 e. The Balaban J connectivity index is 2.47. The highest BCUT2D eigenvalue weighted by Gasteiger charge is 2.19. The van der Waals surface area contributed by atoms with E-state index in [9.17, 15) is 10.1 Å². The number of anilines is 1. The number of ether oxygens (including phenoxy) is 1. The molecule has 2 aromatic rings. The van der Waals surface area contributed by atoms with E-state index in [1.165, 1.54) is 24.5 Å². The van der Waals surface area contributed by atoms with Gasteiger partial charge in [-0.2, -0.15) is 0 Å². The quantitative estimate of drug-likeness (QED) is 0.495. The number of nitrogens with two attached hydrogens (primary N) is 1. The highest BCUT2D eigenvalue weighted by molar-refractivity contribution is 6.30. The van der Waals surface area contributed by atoms with E-state index in [0.29, 0.717) is 22.8 Å². The van der Waals surface area contributed by atoms with Gasteiger partial charge in [-0.25, -0.2) is 15.8 Å². The predicted octanol–water partition coefficient (Wildman–Crippen LogP) is 2.68. The zero-order valence-corrected chi connectivity index (χ0v) is 11.8. The van der Waals surface area contributed by atoms with Crippen LogP contribution in [-0.4, -0.2) is 14.9 Å². The van der Waals surface area contributed by atoms with Gasteiger partial charge in [-0.05, 0) is 12.5 Å². The number of nitro benzene ring substituents is 1. The molecule has 0 atom stereocenters. The molecule has 3 N–H and O–H groups in total. The van der Waals surface area contributed by atoms with E-state index in [1.807, 2.05) is 6.92 Å². The smallest absolute Gasteiger partial charge is 0.311 e. The van der Waals surface area contributed by atoms with Crippen molar-refractivity contribution in [1.29, 1.82) is 0 Å².